The van der Waals surface area contributed by atoms with Gasteiger partial charge in [0.25, 0.3) is 0 Å². The summed E-state index contributed by atoms with van der Waals surface area (Å²) in [6.07, 6.45) is -13.2. The Kier molecular flexibility index (Phi) is 13.7. The average Bonchev–Trinajstić information content (AvgIpc) is 2.86. The van der Waals surface area contributed by atoms with Crippen molar-refractivity contribution >= 4 is 23.9 Å². The Morgan fingerprint density at radius 2 is 0.950 bits per heavy atom. The number of esters is 4. The molecule has 22 nitrogen and oxygen atoms in total. The van der Waals surface area contributed by atoms with Gasteiger partial charge in [-0.3, -0.25) is 59.6 Å². The highest BCUT2D eigenvalue weighted by atomic mass is 16.7. The fourth-order valence-corrected chi connectivity index (χ4v) is 3.04. The Labute approximate surface area is 222 Å². The second kappa shape index (κ2) is 16.4. The molecule has 0 aliphatic carbocycles. The van der Waals surface area contributed by atoms with Crippen LogP contribution in [0.15, 0.2) is 0 Å². The van der Waals surface area contributed by atoms with E-state index in [1.807, 2.05) is 0 Å². The minimum Gasteiger partial charge on any atom is -0.463 e. The summed E-state index contributed by atoms with van der Waals surface area (Å²) >= 11 is 0. The molecule has 0 bridgehead atoms. The molecule has 0 aromatic rings. The molecule has 22 heteroatoms. The Bertz CT molecular complexity index is 988. The second-order valence-corrected chi connectivity index (χ2v) is 7.84. The molecule has 1 fully saturated rings. The smallest absolute Gasteiger partial charge is 0.313 e. The predicted molar refractivity (Wildman–Crippen MR) is 117 cm³/mol. The van der Waals surface area contributed by atoms with Crippen molar-refractivity contribution in [2.24, 2.45) is 0 Å². The van der Waals surface area contributed by atoms with Crippen molar-refractivity contribution in [3.63, 3.8) is 0 Å². The highest BCUT2D eigenvalue weighted by Crippen LogP contribution is 2.29. The summed E-state index contributed by atoms with van der Waals surface area (Å²) in [5, 5.41) is 52.7. The lowest BCUT2D eigenvalue weighted by molar-refractivity contribution is -0.479. The van der Waals surface area contributed by atoms with Crippen LogP contribution in [-0.2, 0) is 42.9 Å². The second-order valence-electron chi connectivity index (χ2n) is 7.84. The van der Waals surface area contributed by atoms with Gasteiger partial charge in [-0.05, 0) is 0 Å². The third kappa shape index (κ3) is 12.8. The first kappa shape index (κ1) is 33.4. The van der Waals surface area contributed by atoms with Crippen LogP contribution < -0.4 is 0 Å². The summed E-state index contributed by atoms with van der Waals surface area (Å²) in [6.45, 7) is -4.46. The van der Waals surface area contributed by atoms with Gasteiger partial charge in [-0.25, -0.2) is 0 Å². The van der Waals surface area contributed by atoms with E-state index < -0.39 is 133 Å². The largest absolute Gasteiger partial charge is 0.463 e. The molecule has 0 saturated carbocycles. The number of aliphatic hydroxyl groups excluding tert-OH is 1. The molecule has 224 valence electrons. The van der Waals surface area contributed by atoms with E-state index in [1.54, 1.807) is 0 Å². The van der Waals surface area contributed by atoms with Crippen molar-refractivity contribution in [2.75, 3.05) is 32.8 Å². The molecule has 0 amide bonds. The van der Waals surface area contributed by atoms with Crippen LogP contribution >= 0.6 is 0 Å². The molecule has 0 aromatic heterocycles. The lowest BCUT2D eigenvalue weighted by Crippen LogP contribution is -2.62. The predicted octanol–water partition coefficient (Wildman–Crippen LogP) is -2.35. The number of nitro groups is 4. The maximum absolute atomic E-state index is 12.3. The lowest BCUT2D eigenvalue weighted by Gasteiger charge is -2.42. The van der Waals surface area contributed by atoms with E-state index in [0.29, 0.717) is 0 Å². The van der Waals surface area contributed by atoms with Crippen molar-refractivity contribution in [1.29, 1.82) is 0 Å². The highest BCUT2D eigenvalue weighted by molar-refractivity contribution is 5.72. The maximum atomic E-state index is 12.3. The van der Waals surface area contributed by atoms with E-state index >= 15 is 0 Å². The molecule has 0 aromatic carbocycles. The van der Waals surface area contributed by atoms with Gasteiger partial charge in [-0.2, -0.15) is 0 Å². The molecular weight excluding hydrogens is 560 g/mol. The quantitative estimate of drug-likeness (QED) is 0.0809. The minimum absolute atomic E-state index is 0.703. The molecule has 0 radical (unpaired) electrons. The minimum atomic E-state index is -2.22. The number of rotatable bonds is 17. The molecule has 5 atom stereocenters. The van der Waals surface area contributed by atoms with E-state index in [2.05, 4.69) is 0 Å². The fourth-order valence-electron chi connectivity index (χ4n) is 3.04. The number of carbonyl (C=O) groups is 4. The molecule has 1 saturated heterocycles. The van der Waals surface area contributed by atoms with Crippen LogP contribution in [0.4, 0.5) is 0 Å². The summed E-state index contributed by atoms with van der Waals surface area (Å²) in [5.41, 5.74) is 0. The van der Waals surface area contributed by atoms with E-state index in [9.17, 15) is 64.7 Å². The molecular formula is C18H24N4O18. The van der Waals surface area contributed by atoms with Crippen LogP contribution in [0.5, 0.6) is 0 Å². The summed E-state index contributed by atoms with van der Waals surface area (Å²) in [4.78, 5) is 87.3. The zero-order chi connectivity index (χ0) is 30.4. The lowest BCUT2D eigenvalue weighted by atomic mass is 9.98. The Balaban J connectivity index is 3.28. The van der Waals surface area contributed by atoms with Crippen LogP contribution in [0.1, 0.15) is 25.7 Å². The van der Waals surface area contributed by atoms with Crippen molar-refractivity contribution in [3.8, 4) is 0 Å². The number of aliphatic hydroxyl groups is 1. The SMILES string of the molecule is O=C(CC[N+](=O)[O-])OC[C@H]1O[C@H](O)[C@H](OC(=O)CC[N+](=O)[O-])[C@@H](OC(=O)CC[N+](=O)[O-])[C@H]1OC(=O)CC[N+](=O)[O-]. The van der Waals surface area contributed by atoms with E-state index in [1.165, 1.54) is 0 Å². The molecule has 1 aliphatic heterocycles. The molecule has 40 heavy (non-hydrogen) atoms. The third-order valence-electron chi connectivity index (χ3n) is 4.81. The number of ether oxygens (including phenoxy) is 5. The third-order valence-corrected chi connectivity index (χ3v) is 4.81. The van der Waals surface area contributed by atoms with Gasteiger partial charge in [-0.15, -0.1) is 0 Å². The van der Waals surface area contributed by atoms with Crippen molar-refractivity contribution < 1.29 is 67.7 Å². The summed E-state index contributed by atoms with van der Waals surface area (Å²) in [7, 11) is 0. The molecule has 1 heterocycles. The van der Waals surface area contributed by atoms with Gasteiger partial charge >= 0.3 is 23.9 Å². The van der Waals surface area contributed by atoms with Crippen LogP contribution in [0.3, 0.4) is 0 Å². The van der Waals surface area contributed by atoms with E-state index in [0.717, 1.165) is 0 Å². The molecule has 1 rings (SSSR count). The number of hydrogen-bond donors (Lipinski definition) is 1. The van der Waals surface area contributed by atoms with Crippen LogP contribution in [-0.4, -0.2) is 112 Å². The standard InChI is InChI=1S/C18H24N4O18/c23-11(1-5-19(28)29)36-9-10-15(38-12(24)2-6-20(30)31)16(39-13(25)3-7-21(32)33)17(18(27)37-10)40-14(26)4-8-22(34)35/h10,15-18,27H,1-9H2/t10-,15+,16+,17-,18+/m1/s1. The highest BCUT2D eigenvalue weighted by Gasteiger charge is 2.52. The normalized spacial score (nSPS) is 21.9. The zero-order valence-corrected chi connectivity index (χ0v) is 20.4. The van der Waals surface area contributed by atoms with Gasteiger partial charge in [0.1, 0.15) is 38.4 Å². The Hall–Kier alpha value is -4.60. The van der Waals surface area contributed by atoms with E-state index in [4.69, 9.17) is 23.7 Å². The molecule has 1 N–H and O–H groups in total. The topological polar surface area (TPSA) is 307 Å². The Morgan fingerprint density at radius 3 is 1.35 bits per heavy atom. The monoisotopic (exact) mass is 584 g/mol. The zero-order valence-electron chi connectivity index (χ0n) is 20.4. The molecule has 1 aliphatic rings. The summed E-state index contributed by atoms with van der Waals surface area (Å²) in [5.74, 6) is -5.06. The van der Waals surface area contributed by atoms with Crippen molar-refractivity contribution in [1.82, 2.24) is 0 Å². The van der Waals surface area contributed by atoms with Gasteiger partial charge in [0.15, 0.2) is 24.6 Å². The van der Waals surface area contributed by atoms with Gasteiger partial charge in [-0.1, -0.05) is 0 Å². The van der Waals surface area contributed by atoms with Gasteiger partial charge < -0.3 is 28.8 Å². The van der Waals surface area contributed by atoms with Gasteiger partial charge in [0.2, 0.25) is 26.2 Å². The number of hydrogen-bond acceptors (Lipinski definition) is 18. The maximum Gasteiger partial charge on any atom is 0.313 e. The van der Waals surface area contributed by atoms with Gasteiger partial charge in [0, 0.05) is 19.7 Å². The summed E-state index contributed by atoms with van der Waals surface area (Å²) in [6, 6.07) is 0. The molecule has 0 unspecified atom stereocenters. The first-order valence-electron chi connectivity index (χ1n) is 11.2. The van der Waals surface area contributed by atoms with Crippen LogP contribution in [0, 0.1) is 40.5 Å². The van der Waals surface area contributed by atoms with Crippen molar-refractivity contribution in [2.45, 2.75) is 56.4 Å². The number of nitrogens with zero attached hydrogens (tertiary/aromatic N) is 4. The van der Waals surface area contributed by atoms with Crippen LogP contribution in [0.2, 0.25) is 0 Å². The summed E-state index contributed by atoms with van der Waals surface area (Å²) < 4.78 is 25.1. The fraction of sp³-hybridized carbons (Fsp3) is 0.778. The Morgan fingerprint density at radius 1 is 0.600 bits per heavy atom. The average molecular weight is 584 g/mol. The first-order chi connectivity index (χ1) is 18.7. The number of carbonyl (C=O) groups excluding carboxylic acids is 4. The van der Waals surface area contributed by atoms with E-state index in [-0.39, 0.29) is 0 Å². The van der Waals surface area contributed by atoms with Crippen molar-refractivity contribution in [3.05, 3.63) is 40.5 Å². The van der Waals surface area contributed by atoms with Gasteiger partial charge in [0.05, 0.1) is 0 Å². The van der Waals surface area contributed by atoms with Crippen LogP contribution in [0.25, 0.3) is 0 Å². The molecule has 0 spiro atoms. The first-order valence-corrected chi connectivity index (χ1v) is 11.2.